The number of allylic oxidation sites excluding steroid dienone is 4. The number of hydrogen-bond donors (Lipinski definition) is 1. The van der Waals surface area contributed by atoms with Crippen molar-refractivity contribution in [2.45, 2.75) is 13.8 Å². The fraction of sp³-hybridized carbons (Fsp3) is 0.391. The van der Waals surface area contributed by atoms with E-state index in [1.165, 1.54) is 4.90 Å². The minimum Gasteiger partial charge on any atom is -0.356 e. The predicted octanol–water partition coefficient (Wildman–Crippen LogP) is 2.56. The van der Waals surface area contributed by atoms with E-state index in [4.69, 9.17) is 0 Å². The molecule has 3 N–H and O–H groups in total. The maximum Gasteiger partial charge on any atom is 0.234 e. The van der Waals surface area contributed by atoms with E-state index in [0.717, 1.165) is 11.1 Å². The summed E-state index contributed by atoms with van der Waals surface area (Å²) in [7, 11) is 0. The topological polar surface area (TPSA) is 65.0 Å². The van der Waals surface area contributed by atoms with Gasteiger partial charge in [-0.05, 0) is 11.5 Å². The van der Waals surface area contributed by atoms with Gasteiger partial charge in [0, 0.05) is 11.8 Å². The van der Waals surface area contributed by atoms with Crippen molar-refractivity contribution in [3.8, 4) is 0 Å². The molecular formula is C23H29N2O2+. The number of hydrogen-bond acceptors (Lipinski definition) is 2. The minimum absolute atomic E-state index is 0.0598. The molecule has 27 heavy (non-hydrogen) atoms. The summed E-state index contributed by atoms with van der Waals surface area (Å²) in [5, 5.41) is 0. The monoisotopic (exact) mass is 365 g/mol. The molecular weight excluding hydrogens is 336 g/mol. The van der Waals surface area contributed by atoms with Crippen LogP contribution >= 0.6 is 0 Å². The highest BCUT2D eigenvalue weighted by molar-refractivity contribution is 6.07. The van der Waals surface area contributed by atoms with Gasteiger partial charge in [-0.15, -0.1) is 6.58 Å². The molecule has 1 saturated carbocycles. The molecule has 0 radical (unpaired) electrons. The third kappa shape index (κ3) is 3.54. The Labute approximate surface area is 161 Å². The summed E-state index contributed by atoms with van der Waals surface area (Å²) in [6.45, 7) is 9.16. The van der Waals surface area contributed by atoms with Gasteiger partial charge in [0.2, 0.25) is 11.8 Å². The van der Waals surface area contributed by atoms with E-state index in [1.807, 2.05) is 36.4 Å². The van der Waals surface area contributed by atoms with Crippen molar-refractivity contribution >= 4 is 17.9 Å². The second-order valence-electron chi connectivity index (χ2n) is 7.70. The van der Waals surface area contributed by atoms with Crippen LogP contribution in [0, 0.1) is 29.6 Å². The van der Waals surface area contributed by atoms with Crippen LogP contribution in [-0.4, -0.2) is 29.8 Å². The zero-order valence-electron chi connectivity index (χ0n) is 16.2. The van der Waals surface area contributed by atoms with Crippen LogP contribution in [0.3, 0.4) is 0 Å². The fourth-order valence-electron chi connectivity index (χ4n) is 4.44. The number of rotatable bonds is 6. The van der Waals surface area contributed by atoms with Crippen molar-refractivity contribution in [1.29, 1.82) is 0 Å². The van der Waals surface area contributed by atoms with Crippen LogP contribution in [0.25, 0.3) is 6.08 Å². The lowest BCUT2D eigenvalue weighted by atomic mass is 9.88. The second-order valence-corrected chi connectivity index (χ2v) is 7.70. The van der Waals surface area contributed by atoms with Gasteiger partial charge in [-0.2, -0.15) is 0 Å². The van der Waals surface area contributed by atoms with E-state index in [9.17, 15) is 9.59 Å². The third-order valence-corrected chi connectivity index (χ3v) is 5.49. The van der Waals surface area contributed by atoms with Crippen LogP contribution in [0.5, 0.6) is 0 Å². The van der Waals surface area contributed by atoms with Crippen molar-refractivity contribution < 1.29 is 15.3 Å². The van der Waals surface area contributed by atoms with E-state index in [0.29, 0.717) is 19.0 Å². The minimum atomic E-state index is -0.336. The number of nitrogens with zero attached hydrogens (tertiary/aromatic N) is 1. The SMILES string of the molecule is C=C[C@H]1/C(=C\C(C)C)[C@@H](C=Cc2ccccc2)[C@@H]2C(=O)N(CC[NH3+])C(=O)[C@@H]21. The number of benzene rings is 1. The highest BCUT2D eigenvalue weighted by atomic mass is 16.2. The standard InChI is InChI=1S/C23H28N2O2/c1-4-17-19(14-15(2)3)18(11-10-16-8-6-5-7-9-16)21-20(17)22(26)25(13-12-24)23(21)27/h4-11,14-15,17-18,20-21H,1,12-13,24H2,2-3H3/p+1/b11-10?,19-14+/t17-,18+,20+,21-/m0/s1. The van der Waals surface area contributed by atoms with Crippen LogP contribution in [0.2, 0.25) is 0 Å². The zero-order chi connectivity index (χ0) is 19.6. The molecule has 0 aromatic heterocycles. The highest BCUT2D eigenvalue weighted by Crippen LogP contribution is 2.52. The zero-order valence-corrected chi connectivity index (χ0v) is 16.2. The average Bonchev–Trinajstić information content (AvgIpc) is 3.08. The van der Waals surface area contributed by atoms with Gasteiger partial charge in [0.05, 0.1) is 24.9 Å². The van der Waals surface area contributed by atoms with Gasteiger partial charge < -0.3 is 5.73 Å². The van der Waals surface area contributed by atoms with Crippen LogP contribution in [0.4, 0.5) is 0 Å². The van der Waals surface area contributed by atoms with E-state index in [1.54, 1.807) is 0 Å². The molecule has 3 rings (SSSR count). The van der Waals surface area contributed by atoms with Gasteiger partial charge in [0.1, 0.15) is 0 Å². The van der Waals surface area contributed by atoms with Gasteiger partial charge in [-0.1, -0.05) is 74.1 Å². The Balaban J connectivity index is 2.03. The predicted molar refractivity (Wildman–Crippen MR) is 107 cm³/mol. The Bertz CT molecular complexity index is 779. The van der Waals surface area contributed by atoms with E-state index >= 15 is 0 Å². The van der Waals surface area contributed by atoms with Crippen molar-refractivity contribution in [3.05, 3.63) is 66.3 Å². The molecule has 4 atom stereocenters. The van der Waals surface area contributed by atoms with Crippen LogP contribution in [0.1, 0.15) is 19.4 Å². The smallest absolute Gasteiger partial charge is 0.234 e. The van der Waals surface area contributed by atoms with Gasteiger partial charge >= 0.3 is 0 Å². The molecule has 0 unspecified atom stereocenters. The van der Waals surface area contributed by atoms with Crippen molar-refractivity contribution in [2.24, 2.45) is 29.6 Å². The van der Waals surface area contributed by atoms with Gasteiger partial charge in [0.15, 0.2) is 0 Å². The Hall–Kier alpha value is -2.46. The van der Waals surface area contributed by atoms with E-state index in [-0.39, 0.29) is 35.5 Å². The summed E-state index contributed by atoms with van der Waals surface area (Å²) >= 11 is 0. The summed E-state index contributed by atoms with van der Waals surface area (Å²) in [4.78, 5) is 27.5. The molecule has 142 valence electrons. The van der Waals surface area contributed by atoms with Crippen molar-refractivity contribution in [1.82, 2.24) is 4.90 Å². The molecule has 4 heteroatoms. The second kappa shape index (κ2) is 8.05. The molecule has 0 bridgehead atoms. The maximum atomic E-state index is 13.1. The Morgan fingerprint density at radius 2 is 1.74 bits per heavy atom. The molecule has 1 aliphatic carbocycles. The normalized spacial score (nSPS) is 29.3. The van der Waals surface area contributed by atoms with Crippen molar-refractivity contribution in [3.63, 3.8) is 0 Å². The van der Waals surface area contributed by atoms with E-state index in [2.05, 4.69) is 44.4 Å². The fourth-order valence-corrected chi connectivity index (χ4v) is 4.44. The molecule has 2 aliphatic rings. The molecule has 4 nitrogen and oxygen atoms in total. The number of carbonyl (C=O) groups excluding carboxylic acids is 2. The quantitative estimate of drug-likeness (QED) is 0.622. The number of quaternary nitrogens is 1. The molecule has 0 spiro atoms. The average molecular weight is 365 g/mol. The number of likely N-dealkylation sites (tertiary alicyclic amines) is 1. The molecule has 1 aromatic carbocycles. The third-order valence-electron chi connectivity index (χ3n) is 5.49. The van der Waals surface area contributed by atoms with Crippen LogP contribution < -0.4 is 5.73 Å². The molecule has 1 saturated heterocycles. The van der Waals surface area contributed by atoms with Gasteiger partial charge in [0.25, 0.3) is 0 Å². The van der Waals surface area contributed by atoms with Crippen LogP contribution in [-0.2, 0) is 9.59 Å². The number of fused-ring (bicyclic) bond motifs is 1. The maximum absolute atomic E-state index is 13.1. The Morgan fingerprint density at radius 1 is 1.11 bits per heavy atom. The van der Waals surface area contributed by atoms with Crippen LogP contribution in [0.15, 0.2) is 60.7 Å². The molecule has 2 amide bonds. The molecule has 1 aliphatic heterocycles. The summed E-state index contributed by atoms with van der Waals surface area (Å²) in [6, 6.07) is 10.0. The summed E-state index contributed by atoms with van der Waals surface area (Å²) in [5.74, 6) is -0.621. The summed E-state index contributed by atoms with van der Waals surface area (Å²) < 4.78 is 0. The number of amides is 2. The lowest BCUT2D eigenvalue weighted by molar-refractivity contribution is -0.367. The lowest BCUT2D eigenvalue weighted by Crippen LogP contribution is -2.56. The highest BCUT2D eigenvalue weighted by Gasteiger charge is 2.59. The largest absolute Gasteiger partial charge is 0.356 e. The Kier molecular flexibility index (Phi) is 5.76. The number of imide groups is 1. The molecule has 2 fully saturated rings. The van der Waals surface area contributed by atoms with Gasteiger partial charge in [-0.3, -0.25) is 14.5 Å². The molecule has 1 heterocycles. The first kappa shape index (κ1) is 19.3. The van der Waals surface area contributed by atoms with Crippen molar-refractivity contribution in [2.75, 3.05) is 13.1 Å². The lowest BCUT2D eigenvalue weighted by Gasteiger charge is -2.21. The first-order chi connectivity index (χ1) is 13.0. The summed E-state index contributed by atoms with van der Waals surface area (Å²) in [6.07, 6.45) is 8.21. The first-order valence-electron chi connectivity index (χ1n) is 9.71. The van der Waals surface area contributed by atoms with Gasteiger partial charge in [-0.25, -0.2) is 0 Å². The van der Waals surface area contributed by atoms with E-state index < -0.39 is 0 Å². The summed E-state index contributed by atoms with van der Waals surface area (Å²) in [5.41, 5.74) is 6.05. The molecule has 1 aromatic rings. The Morgan fingerprint density at radius 3 is 2.30 bits per heavy atom. The number of carbonyl (C=O) groups is 2. The first-order valence-corrected chi connectivity index (χ1v) is 9.71.